The monoisotopic (exact) mass is 298 g/mol. The minimum atomic E-state index is -4.41. The predicted molar refractivity (Wildman–Crippen MR) is 65.7 cm³/mol. The molecule has 3 nitrogen and oxygen atoms in total. The van der Waals surface area contributed by atoms with E-state index in [2.05, 4.69) is 0 Å². The SMILES string of the molecule is Nc1cccc(Cl)c1SCC(=O)NCC(F)(F)F. The fraction of sp³-hybridized carbons (Fsp3) is 0.300. The molecule has 0 unspecified atom stereocenters. The zero-order valence-electron chi connectivity index (χ0n) is 9.05. The maximum absolute atomic E-state index is 11.8. The van der Waals surface area contributed by atoms with Gasteiger partial charge in [0.1, 0.15) is 6.54 Å². The summed E-state index contributed by atoms with van der Waals surface area (Å²) in [6, 6.07) is 4.83. The molecule has 0 aliphatic carbocycles. The average Bonchev–Trinajstić information content (AvgIpc) is 2.25. The van der Waals surface area contributed by atoms with Crippen molar-refractivity contribution in [1.82, 2.24) is 5.32 Å². The van der Waals surface area contributed by atoms with Crippen LogP contribution in [0.2, 0.25) is 5.02 Å². The molecule has 0 bridgehead atoms. The van der Waals surface area contributed by atoms with E-state index in [1.54, 1.807) is 23.5 Å². The third-order valence-corrected chi connectivity index (χ3v) is 3.41. The molecule has 18 heavy (non-hydrogen) atoms. The molecule has 1 amide bonds. The molecule has 100 valence electrons. The van der Waals surface area contributed by atoms with Gasteiger partial charge in [-0.3, -0.25) is 4.79 Å². The van der Waals surface area contributed by atoms with Gasteiger partial charge in [-0.25, -0.2) is 0 Å². The van der Waals surface area contributed by atoms with E-state index in [0.29, 0.717) is 15.6 Å². The minimum Gasteiger partial charge on any atom is -0.398 e. The number of nitrogens with two attached hydrogens (primary N) is 1. The number of halogens is 4. The highest BCUT2D eigenvalue weighted by molar-refractivity contribution is 8.00. The second-order valence-corrected chi connectivity index (χ2v) is 4.73. The van der Waals surface area contributed by atoms with Gasteiger partial charge >= 0.3 is 6.18 Å². The molecular weight excluding hydrogens is 289 g/mol. The van der Waals surface area contributed by atoms with Gasteiger partial charge in [0.05, 0.1) is 10.8 Å². The largest absolute Gasteiger partial charge is 0.405 e. The number of nitrogens with one attached hydrogen (secondary N) is 1. The van der Waals surface area contributed by atoms with Crippen LogP contribution in [-0.4, -0.2) is 24.4 Å². The lowest BCUT2D eigenvalue weighted by atomic mass is 10.3. The van der Waals surface area contributed by atoms with Crippen molar-refractivity contribution >= 4 is 35.0 Å². The highest BCUT2D eigenvalue weighted by atomic mass is 35.5. The highest BCUT2D eigenvalue weighted by Crippen LogP contribution is 2.32. The molecule has 0 spiro atoms. The van der Waals surface area contributed by atoms with E-state index in [0.717, 1.165) is 11.8 Å². The molecular formula is C10H10ClF3N2OS. The number of amides is 1. The summed E-state index contributed by atoms with van der Waals surface area (Å²) in [5, 5.41) is 2.13. The van der Waals surface area contributed by atoms with E-state index in [9.17, 15) is 18.0 Å². The van der Waals surface area contributed by atoms with Gasteiger partial charge in [-0.05, 0) is 12.1 Å². The van der Waals surface area contributed by atoms with Crippen LogP contribution in [0.4, 0.5) is 18.9 Å². The lowest BCUT2D eigenvalue weighted by Crippen LogP contribution is -2.34. The molecule has 0 aliphatic rings. The maximum Gasteiger partial charge on any atom is 0.405 e. The molecule has 3 N–H and O–H groups in total. The summed E-state index contributed by atoms with van der Waals surface area (Å²) >= 11 is 6.85. The number of benzene rings is 1. The minimum absolute atomic E-state index is 0.177. The van der Waals surface area contributed by atoms with Crippen molar-refractivity contribution in [2.45, 2.75) is 11.1 Å². The van der Waals surface area contributed by atoms with Crippen LogP contribution >= 0.6 is 23.4 Å². The van der Waals surface area contributed by atoms with Gasteiger partial charge in [0.15, 0.2) is 0 Å². The second-order valence-electron chi connectivity index (χ2n) is 3.34. The second kappa shape index (κ2) is 6.19. The number of anilines is 1. The smallest absolute Gasteiger partial charge is 0.398 e. The topological polar surface area (TPSA) is 55.1 Å². The number of carbonyl (C=O) groups excluding carboxylic acids is 1. The van der Waals surface area contributed by atoms with Crippen LogP contribution in [0, 0.1) is 0 Å². The fourth-order valence-electron chi connectivity index (χ4n) is 1.07. The third-order valence-electron chi connectivity index (χ3n) is 1.83. The predicted octanol–water partition coefficient (Wildman–Crippen LogP) is 2.69. The van der Waals surface area contributed by atoms with Crippen molar-refractivity contribution in [3.8, 4) is 0 Å². The van der Waals surface area contributed by atoms with Gasteiger partial charge in [0, 0.05) is 10.6 Å². The highest BCUT2D eigenvalue weighted by Gasteiger charge is 2.27. The molecule has 0 heterocycles. The van der Waals surface area contributed by atoms with Gasteiger partial charge < -0.3 is 11.1 Å². The van der Waals surface area contributed by atoms with E-state index in [1.165, 1.54) is 0 Å². The van der Waals surface area contributed by atoms with Gasteiger partial charge in [-0.15, -0.1) is 11.8 Å². The lowest BCUT2D eigenvalue weighted by molar-refractivity contribution is -0.136. The normalized spacial score (nSPS) is 11.3. The molecule has 1 rings (SSSR count). The third kappa shape index (κ3) is 5.05. The van der Waals surface area contributed by atoms with Crippen LogP contribution in [0.25, 0.3) is 0 Å². The molecule has 0 radical (unpaired) electrons. The Morgan fingerprint density at radius 2 is 2.11 bits per heavy atom. The summed E-state index contributed by atoms with van der Waals surface area (Å²) in [4.78, 5) is 11.7. The van der Waals surface area contributed by atoms with Gasteiger partial charge in [-0.2, -0.15) is 13.2 Å². The molecule has 8 heteroatoms. The summed E-state index contributed by atoms with van der Waals surface area (Å²) in [5.74, 6) is -0.902. The number of thioether (sulfide) groups is 1. The summed E-state index contributed by atoms with van der Waals surface area (Å²) in [6.07, 6.45) is -4.41. The van der Waals surface area contributed by atoms with Crippen molar-refractivity contribution in [3.63, 3.8) is 0 Å². The van der Waals surface area contributed by atoms with Crippen LogP contribution in [0.1, 0.15) is 0 Å². The lowest BCUT2D eigenvalue weighted by Gasteiger charge is -2.09. The Balaban J connectivity index is 2.48. The van der Waals surface area contributed by atoms with Crippen LogP contribution in [0.15, 0.2) is 23.1 Å². The fourth-order valence-corrected chi connectivity index (χ4v) is 2.23. The zero-order chi connectivity index (χ0) is 13.8. The molecule has 0 aromatic heterocycles. The van der Waals surface area contributed by atoms with Gasteiger partial charge in [0.2, 0.25) is 5.91 Å². The first kappa shape index (κ1) is 15.0. The quantitative estimate of drug-likeness (QED) is 0.664. The Bertz CT molecular complexity index is 419. The van der Waals surface area contributed by atoms with E-state index >= 15 is 0 Å². The van der Waals surface area contributed by atoms with Crippen LogP contribution in [0.5, 0.6) is 0 Å². The van der Waals surface area contributed by atoms with Crippen molar-refractivity contribution < 1.29 is 18.0 Å². The summed E-state index contributed by atoms with van der Waals surface area (Å²) < 4.78 is 35.5. The number of hydrogen-bond donors (Lipinski definition) is 2. The molecule has 0 fully saturated rings. The molecule has 1 aromatic carbocycles. The zero-order valence-corrected chi connectivity index (χ0v) is 10.6. The van der Waals surface area contributed by atoms with Crippen LogP contribution in [0.3, 0.4) is 0 Å². The van der Waals surface area contributed by atoms with Crippen LogP contribution < -0.4 is 11.1 Å². The Morgan fingerprint density at radius 3 is 2.67 bits per heavy atom. The van der Waals surface area contributed by atoms with Crippen molar-refractivity contribution in [2.75, 3.05) is 18.0 Å². The first-order chi connectivity index (χ1) is 8.29. The number of hydrogen-bond acceptors (Lipinski definition) is 3. The van der Waals surface area contributed by atoms with Crippen molar-refractivity contribution in [2.24, 2.45) is 0 Å². The van der Waals surface area contributed by atoms with E-state index in [-0.39, 0.29) is 5.75 Å². The van der Waals surface area contributed by atoms with Gasteiger partial charge in [-0.1, -0.05) is 17.7 Å². The first-order valence-electron chi connectivity index (χ1n) is 4.80. The molecule has 0 saturated heterocycles. The molecule has 0 atom stereocenters. The summed E-state index contributed by atoms with van der Waals surface area (Å²) in [6.45, 7) is -1.34. The van der Waals surface area contributed by atoms with E-state index in [4.69, 9.17) is 17.3 Å². The van der Waals surface area contributed by atoms with Crippen molar-refractivity contribution in [1.29, 1.82) is 0 Å². The van der Waals surface area contributed by atoms with Gasteiger partial charge in [0.25, 0.3) is 0 Å². The van der Waals surface area contributed by atoms with E-state index < -0.39 is 18.6 Å². The maximum atomic E-state index is 11.8. The Hall–Kier alpha value is -1.08. The Morgan fingerprint density at radius 1 is 1.44 bits per heavy atom. The van der Waals surface area contributed by atoms with Crippen molar-refractivity contribution in [3.05, 3.63) is 23.2 Å². The number of alkyl halides is 3. The Labute approximate surface area is 111 Å². The van der Waals surface area contributed by atoms with Crippen LogP contribution in [-0.2, 0) is 4.79 Å². The number of carbonyl (C=O) groups is 1. The number of nitrogen functional groups attached to an aromatic ring is 1. The summed E-state index contributed by atoms with van der Waals surface area (Å²) in [7, 11) is 0. The summed E-state index contributed by atoms with van der Waals surface area (Å²) in [5.41, 5.74) is 6.02. The van der Waals surface area contributed by atoms with E-state index in [1.807, 2.05) is 0 Å². The average molecular weight is 299 g/mol. The standard InChI is InChI=1S/C10H10ClF3N2OS/c11-6-2-1-3-7(15)9(6)18-4-8(17)16-5-10(12,13)14/h1-3H,4-5,15H2,(H,16,17). The molecule has 1 aromatic rings. The number of rotatable bonds is 4. The first-order valence-corrected chi connectivity index (χ1v) is 6.16. The molecule has 0 saturated carbocycles. The molecule has 0 aliphatic heterocycles. The Kier molecular flexibility index (Phi) is 5.15.